The van der Waals surface area contributed by atoms with Crippen molar-refractivity contribution in [3.8, 4) is 23.0 Å². The van der Waals surface area contributed by atoms with Crippen LogP contribution >= 0.6 is 0 Å². The highest BCUT2D eigenvalue weighted by Crippen LogP contribution is 2.58. The molecular weight excluding hydrogens is 412 g/mol. The van der Waals surface area contributed by atoms with Crippen LogP contribution in [-0.2, 0) is 10.3 Å². The minimum atomic E-state index is -1.38. The summed E-state index contributed by atoms with van der Waals surface area (Å²) in [4.78, 5) is 24.4. The number of fused-ring (bicyclic) bond motifs is 8. The first-order valence-electron chi connectivity index (χ1n) is 9.77. The number of carbonyl (C=O) groups is 2. The lowest BCUT2D eigenvalue weighted by Crippen LogP contribution is -2.33. The van der Waals surface area contributed by atoms with Crippen LogP contribution in [0.4, 0.5) is 0 Å². The van der Waals surface area contributed by atoms with Crippen molar-refractivity contribution in [3.63, 3.8) is 0 Å². The molecule has 2 aliphatic heterocycles. The van der Waals surface area contributed by atoms with Crippen molar-refractivity contribution in [2.24, 2.45) is 0 Å². The minimum Gasteiger partial charge on any atom is -0.508 e. The standard InChI is InChI=1S/C25H14O7/c26-14-3-5-16-12(9-14)1-7-20-22(16)31-21-11-15(27)4-8-19(21)25(20)18-6-2-13(23(28)29)10-17(18)24(30)32-25/h1-11,26-27H,(H,28,29). The number of hydrogen-bond donors (Lipinski definition) is 3. The van der Waals surface area contributed by atoms with E-state index in [0.717, 1.165) is 0 Å². The second-order valence-corrected chi connectivity index (χ2v) is 7.77. The van der Waals surface area contributed by atoms with Crippen molar-refractivity contribution in [3.05, 3.63) is 94.5 Å². The van der Waals surface area contributed by atoms with Gasteiger partial charge in [0, 0.05) is 28.1 Å². The third-order valence-corrected chi connectivity index (χ3v) is 6.00. The van der Waals surface area contributed by atoms with Crippen molar-refractivity contribution in [2.75, 3.05) is 0 Å². The van der Waals surface area contributed by atoms with Crippen LogP contribution in [0, 0.1) is 0 Å². The molecule has 3 N–H and O–H groups in total. The maximum absolute atomic E-state index is 13.0. The molecule has 6 rings (SSSR count). The molecule has 7 nitrogen and oxygen atoms in total. The second-order valence-electron chi connectivity index (χ2n) is 7.77. The lowest BCUT2D eigenvalue weighted by atomic mass is 9.76. The molecule has 0 fully saturated rings. The summed E-state index contributed by atoms with van der Waals surface area (Å²) < 4.78 is 12.2. The van der Waals surface area contributed by atoms with Gasteiger partial charge in [-0.05, 0) is 53.9 Å². The molecule has 1 unspecified atom stereocenters. The van der Waals surface area contributed by atoms with Crippen LogP contribution in [0.1, 0.15) is 37.4 Å². The monoisotopic (exact) mass is 426 g/mol. The van der Waals surface area contributed by atoms with Gasteiger partial charge in [-0.25, -0.2) is 9.59 Å². The Kier molecular flexibility index (Phi) is 3.43. The Morgan fingerprint density at radius 2 is 1.53 bits per heavy atom. The van der Waals surface area contributed by atoms with E-state index in [-0.39, 0.29) is 22.6 Å². The molecule has 4 aromatic carbocycles. The number of carboxylic acid groups (broad SMARTS) is 1. The Labute approximate surface area is 180 Å². The van der Waals surface area contributed by atoms with Crippen LogP contribution in [-0.4, -0.2) is 27.3 Å². The normalized spacial score (nSPS) is 17.9. The first-order chi connectivity index (χ1) is 15.4. The molecule has 0 aromatic heterocycles. The first kappa shape index (κ1) is 18.3. The molecule has 0 amide bonds. The number of benzene rings is 4. The number of phenols is 2. The lowest BCUT2D eigenvalue weighted by molar-refractivity contribution is 0.0225. The molecule has 0 aliphatic carbocycles. The Balaban J connectivity index is 1.73. The van der Waals surface area contributed by atoms with E-state index in [1.54, 1.807) is 36.4 Å². The van der Waals surface area contributed by atoms with Crippen LogP contribution in [0.3, 0.4) is 0 Å². The number of aromatic hydroxyl groups is 2. The van der Waals surface area contributed by atoms with Gasteiger partial charge in [-0.2, -0.15) is 0 Å². The van der Waals surface area contributed by atoms with E-state index in [0.29, 0.717) is 39.0 Å². The van der Waals surface area contributed by atoms with E-state index in [4.69, 9.17) is 9.47 Å². The first-order valence-corrected chi connectivity index (χ1v) is 9.77. The van der Waals surface area contributed by atoms with Crippen molar-refractivity contribution in [1.29, 1.82) is 0 Å². The number of aromatic carboxylic acids is 1. The molecule has 1 spiro atoms. The van der Waals surface area contributed by atoms with Gasteiger partial charge < -0.3 is 24.8 Å². The molecule has 32 heavy (non-hydrogen) atoms. The maximum atomic E-state index is 13.0. The summed E-state index contributed by atoms with van der Waals surface area (Å²) in [6.45, 7) is 0. The fraction of sp³-hybridized carbons (Fsp3) is 0.0400. The highest BCUT2D eigenvalue weighted by atomic mass is 16.6. The highest BCUT2D eigenvalue weighted by Gasteiger charge is 2.54. The van der Waals surface area contributed by atoms with Gasteiger partial charge in [0.25, 0.3) is 0 Å². The zero-order valence-electron chi connectivity index (χ0n) is 16.3. The van der Waals surface area contributed by atoms with Gasteiger partial charge in [0.05, 0.1) is 11.1 Å². The van der Waals surface area contributed by atoms with Gasteiger partial charge in [0.2, 0.25) is 0 Å². The summed E-state index contributed by atoms with van der Waals surface area (Å²) in [6, 6.07) is 17.3. The molecule has 0 radical (unpaired) electrons. The number of esters is 1. The molecule has 0 saturated carbocycles. The molecule has 4 aromatic rings. The summed E-state index contributed by atoms with van der Waals surface area (Å²) in [5, 5.41) is 30.7. The van der Waals surface area contributed by atoms with Crippen molar-refractivity contribution < 1.29 is 34.4 Å². The Morgan fingerprint density at radius 1 is 0.812 bits per heavy atom. The summed E-state index contributed by atoms with van der Waals surface area (Å²) >= 11 is 0. The van der Waals surface area contributed by atoms with Crippen molar-refractivity contribution >= 4 is 22.7 Å². The van der Waals surface area contributed by atoms with E-state index in [2.05, 4.69) is 0 Å². The number of rotatable bonds is 1. The summed E-state index contributed by atoms with van der Waals surface area (Å²) in [6.07, 6.45) is 0. The van der Waals surface area contributed by atoms with Crippen molar-refractivity contribution in [1.82, 2.24) is 0 Å². The fourth-order valence-corrected chi connectivity index (χ4v) is 4.62. The van der Waals surface area contributed by atoms with E-state index in [9.17, 15) is 24.9 Å². The zero-order chi connectivity index (χ0) is 22.2. The maximum Gasteiger partial charge on any atom is 0.340 e. The van der Waals surface area contributed by atoms with Crippen LogP contribution in [0.5, 0.6) is 23.0 Å². The average Bonchev–Trinajstić information content (AvgIpc) is 3.05. The fourth-order valence-electron chi connectivity index (χ4n) is 4.62. The van der Waals surface area contributed by atoms with Crippen LogP contribution in [0.25, 0.3) is 10.8 Å². The minimum absolute atomic E-state index is 0.0222. The van der Waals surface area contributed by atoms with Crippen LogP contribution in [0.15, 0.2) is 66.7 Å². The van der Waals surface area contributed by atoms with Gasteiger partial charge in [0.1, 0.15) is 23.0 Å². The molecule has 2 heterocycles. The zero-order valence-corrected chi connectivity index (χ0v) is 16.3. The molecule has 7 heteroatoms. The number of ether oxygens (including phenoxy) is 2. The lowest BCUT2D eigenvalue weighted by Gasteiger charge is -2.37. The molecule has 1 atom stereocenters. The number of carbonyl (C=O) groups excluding carboxylic acids is 1. The topological polar surface area (TPSA) is 113 Å². The predicted octanol–water partition coefficient (Wildman–Crippen LogP) is 4.52. The SMILES string of the molecule is O=C(O)c1ccc2c(c1)C(=O)OC21c2ccc(O)cc2Oc2c1ccc1cc(O)ccc21. The Bertz CT molecular complexity index is 1500. The number of hydrogen-bond acceptors (Lipinski definition) is 6. The Morgan fingerprint density at radius 3 is 2.34 bits per heavy atom. The van der Waals surface area contributed by atoms with E-state index in [1.165, 1.54) is 30.3 Å². The predicted molar refractivity (Wildman–Crippen MR) is 112 cm³/mol. The molecular formula is C25H14O7. The number of phenolic OH excluding ortho intramolecular Hbond substituents is 2. The average molecular weight is 426 g/mol. The van der Waals surface area contributed by atoms with Crippen molar-refractivity contribution in [2.45, 2.75) is 5.60 Å². The molecule has 156 valence electrons. The largest absolute Gasteiger partial charge is 0.508 e. The quantitative estimate of drug-likeness (QED) is 0.384. The van der Waals surface area contributed by atoms with E-state index < -0.39 is 17.5 Å². The van der Waals surface area contributed by atoms with E-state index >= 15 is 0 Å². The van der Waals surface area contributed by atoms with Gasteiger partial charge in [0.15, 0.2) is 5.60 Å². The molecule has 0 saturated heterocycles. The van der Waals surface area contributed by atoms with Gasteiger partial charge in [-0.3, -0.25) is 0 Å². The van der Waals surface area contributed by atoms with E-state index in [1.807, 2.05) is 0 Å². The molecule has 2 aliphatic rings. The summed E-state index contributed by atoms with van der Waals surface area (Å²) in [5.74, 6) is -0.999. The van der Waals surface area contributed by atoms with Crippen LogP contribution in [0.2, 0.25) is 0 Å². The smallest absolute Gasteiger partial charge is 0.340 e. The van der Waals surface area contributed by atoms with Gasteiger partial charge in [-0.15, -0.1) is 0 Å². The molecule has 0 bridgehead atoms. The third kappa shape index (κ3) is 2.24. The van der Waals surface area contributed by atoms with Crippen LogP contribution < -0.4 is 4.74 Å². The highest BCUT2D eigenvalue weighted by molar-refractivity contribution is 6.01. The van der Waals surface area contributed by atoms with Gasteiger partial charge >= 0.3 is 11.9 Å². The summed E-state index contributed by atoms with van der Waals surface area (Å²) in [7, 11) is 0. The second kappa shape index (κ2) is 6.01. The number of carboxylic acids is 1. The van der Waals surface area contributed by atoms with Gasteiger partial charge in [-0.1, -0.05) is 12.1 Å². The summed E-state index contributed by atoms with van der Waals surface area (Å²) in [5.41, 5.74) is 0.307. The Hall–Kier alpha value is -4.52. The third-order valence-electron chi connectivity index (χ3n) is 6.00.